The fourth-order valence-electron chi connectivity index (χ4n) is 1.68. The third-order valence-electron chi connectivity index (χ3n) is 2.83. The Balaban J connectivity index is 2.53. The van der Waals surface area contributed by atoms with Crippen LogP contribution in [0.1, 0.15) is 33.1 Å². The molecule has 3 nitrogen and oxygen atoms in total. The lowest BCUT2D eigenvalue weighted by Gasteiger charge is -2.34. The van der Waals surface area contributed by atoms with Gasteiger partial charge in [-0.2, -0.15) is 0 Å². The van der Waals surface area contributed by atoms with E-state index in [1.165, 1.54) is 6.42 Å². The number of hydrogen-bond acceptors (Lipinski definition) is 2. The lowest BCUT2D eigenvalue weighted by molar-refractivity contribution is -0.128. The van der Waals surface area contributed by atoms with Gasteiger partial charge in [-0.25, -0.2) is 0 Å². The van der Waals surface area contributed by atoms with E-state index in [1.54, 1.807) is 6.08 Å². The average molecular weight is 196 g/mol. The summed E-state index contributed by atoms with van der Waals surface area (Å²) in [5.74, 6) is 0.0876. The van der Waals surface area contributed by atoms with Crippen molar-refractivity contribution in [2.24, 2.45) is 0 Å². The summed E-state index contributed by atoms with van der Waals surface area (Å²) in [7, 11) is 0. The topological polar surface area (TPSA) is 41.1 Å². The average Bonchev–Trinajstić information content (AvgIpc) is 2.18. The summed E-state index contributed by atoms with van der Waals surface area (Å²) >= 11 is 0. The van der Waals surface area contributed by atoms with Crippen molar-refractivity contribution < 1.29 is 4.79 Å². The number of rotatable bonds is 3. The Hall–Kier alpha value is -0.830. The molecule has 1 rings (SSSR count). The SMILES string of the molecule is C=CC(C)NC(=O)C1(C)CCCCN1. The maximum atomic E-state index is 11.9. The molecular weight excluding hydrogens is 176 g/mol. The number of carbonyl (C=O) groups excluding carboxylic acids is 1. The van der Waals surface area contributed by atoms with Crippen LogP contribution in [-0.2, 0) is 4.79 Å². The van der Waals surface area contributed by atoms with Crippen molar-refractivity contribution in [3.63, 3.8) is 0 Å². The van der Waals surface area contributed by atoms with Crippen LogP contribution in [0.2, 0.25) is 0 Å². The first kappa shape index (κ1) is 11.2. The molecule has 0 aromatic carbocycles. The molecular formula is C11H20N2O. The standard InChI is InChI=1S/C11H20N2O/c1-4-9(2)13-10(14)11(3)7-5-6-8-12-11/h4,9,12H,1,5-8H2,2-3H3,(H,13,14). The molecule has 2 unspecified atom stereocenters. The molecule has 2 atom stereocenters. The summed E-state index contributed by atoms with van der Waals surface area (Å²) in [5.41, 5.74) is -0.379. The summed E-state index contributed by atoms with van der Waals surface area (Å²) in [6.07, 6.45) is 4.95. The van der Waals surface area contributed by atoms with E-state index in [1.807, 2.05) is 13.8 Å². The summed E-state index contributed by atoms with van der Waals surface area (Å²) in [6.45, 7) is 8.48. The van der Waals surface area contributed by atoms with Gasteiger partial charge in [-0.15, -0.1) is 6.58 Å². The Kier molecular flexibility index (Phi) is 3.69. The summed E-state index contributed by atoms with van der Waals surface area (Å²) in [6, 6.07) is 0.0445. The van der Waals surface area contributed by atoms with Gasteiger partial charge in [-0.3, -0.25) is 4.79 Å². The first-order chi connectivity index (χ1) is 6.58. The van der Waals surface area contributed by atoms with E-state index < -0.39 is 0 Å². The van der Waals surface area contributed by atoms with E-state index in [9.17, 15) is 4.79 Å². The molecule has 80 valence electrons. The maximum Gasteiger partial charge on any atom is 0.240 e. The van der Waals surface area contributed by atoms with Crippen LogP contribution in [0.3, 0.4) is 0 Å². The molecule has 1 saturated heterocycles. The number of hydrogen-bond donors (Lipinski definition) is 2. The Morgan fingerprint density at radius 2 is 2.36 bits per heavy atom. The quantitative estimate of drug-likeness (QED) is 0.666. The summed E-state index contributed by atoms with van der Waals surface area (Å²) in [5, 5.41) is 6.20. The van der Waals surface area contributed by atoms with Gasteiger partial charge in [0.25, 0.3) is 0 Å². The molecule has 1 amide bonds. The molecule has 14 heavy (non-hydrogen) atoms. The van der Waals surface area contributed by atoms with Crippen molar-refractivity contribution in [3.8, 4) is 0 Å². The molecule has 3 heteroatoms. The predicted molar refractivity (Wildman–Crippen MR) is 58.1 cm³/mol. The smallest absolute Gasteiger partial charge is 0.240 e. The molecule has 1 aliphatic heterocycles. The van der Waals surface area contributed by atoms with Crippen molar-refractivity contribution in [1.82, 2.24) is 10.6 Å². The van der Waals surface area contributed by atoms with Gasteiger partial charge in [0.05, 0.1) is 5.54 Å². The lowest BCUT2D eigenvalue weighted by Crippen LogP contribution is -2.58. The number of carbonyl (C=O) groups is 1. The van der Waals surface area contributed by atoms with Crippen molar-refractivity contribution in [2.45, 2.75) is 44.7 Å². The van der Waals surface area contributed by atoms with E-state index >= 15 is 0 Å². The van der Waals surface area contributed by atoms with Gasteiger partial charge in [0.2, 0.25) is 5.91 Å². The van der Waals surface area contributed by atoms with Crippen LogP contribution in [0.5, 0.6) is 0 Å². The molecule has 0 aromatic heterocycles. The van der Waals surface area contributed by atoms with Gasteiger partial charge in [0, 0.05) is 6.04 Å². The minimum Gasteiger partial charge on any atom is -0.349 e. The van der Waals surface area contributed by atoms with Crippen molar-refractivity contribution in [3.05, 3.63) is 12.7 Å². The minimum atomic E-state index is -0.379. The fraction of sp³-hybridized carbons (Fsp3) is 0.727. The highest BCUT2D eigenvalue weighted by molar-refractivity contribution is 5.86. The summed E-state index contributed by atoms with van der Waals surface area (Å²) in [4.78, 5) is 11.9. The fourth-order valence-corrected chi connectivity index (χ4v) is 1.68. The monoisotopic (exact) mass is 196 g/mol. The van der Waals surface area contributed by atoms with Crippen LogP contribution in [-0.4, -0.2) is 24.0 Å². The zero-order valence-corrected chi connectivity index (χ0v) is 9.10. The van der Waals surface area contributed by atoms with E-state index in [4.69, 9.17) is 0 Å². The van der Waals surface area contributed by atoms with Crippen molar-refractivity contribution in [1.29, 1.82) is 0 Å². The van der Waals surface area contributed by atoms with E-state index in [2.05, 4.69) is 17.2 Å². The molecule has 1 fully saturated rings. The van der Waals surface area contributed by atoms with Crippen LogP contribution >= 0.6 is 0 Å². The number of amides is 1. The number of piperidine rings is 1. The zero-order valence-electron chi connectivity index (χ0n) is 9.10. The molecule has 0 aliphatic carbocycles. The largest absolute Gasteiger partial charge is 0.349 e. The second-order valence-corrected chi connectivity index (χ2v) is 4.21. The van der Waals surface area contributed by atoms with Gasteiger partial charge in [-0.1, -0.05) is 6.08 Å². The normalized spacial score (nSPS) is 29.3. The first-order valence-electron chi connectivity index (χ1n) is 5.27. The number of nitrogens with one attached hydrogen (secondary N) is 2. The Bertz CT molecular complexity index is 219. The third kappa shape index (κ3) is 2.58. The van der Waals surface area contributed by atoms with Gasteiger partial charge >= 0.3 is 0 Å². The minimum absolute atomic E-state index is 0.0445. The molecule has 0 saturated carbocycles. The van der Waals surface area contributed by atoms with E-state index in [0.29, 0.717) is 0 Å². The predicted octanol–water partition coefficient (Wildman–Crippen LogP) is 1.21. The molecule has 0 radical (unpaired) electrons. The molecule has 1 aliphatic rings. The molecule has 0 aromatic rings. The Morgan fingerprint density at radius 3 is 2.86 bits per heavy atom. The van der Waals surface area contributed by atoms with Crippen molar-refractivity contribution >= 4 is 5.91 Å². The lowest BCUT2D eigenvalue weighted by atomic mass is 9.90. The first-order valence-corrected chi connectivity index (χ1v) is 5.27. The summed E-state index contributed by atoms with van der Waals surface area (Å²) < 4.78 is 0. The molecule has 2 N–H and O–H groups in total. The van der Waals surface area contributed by atoms with Gasteiger partial charge in [0.15, 0.2) is 0 Å². The maximum absolute atomic E-state index is 11.9. The van der Waals surface area contributed by atoms with E-state index in [-0.39, 0.29) is 17.5 Å². The van der Waals surface area contributed by atoms with Gasteiger partial charge < -0.3 is 10.6 Å². The van der Waals surface area contributed by atoms with E-state index in [0.717, 1.165) is 19.4 Å². The highest BCUT2D eigenvalue weighted by Gasteiger charge is 2.34. The van der Waals surface area contributed by atoms with Crippen LogP contribution in [0.4, 0.5) is 0 Å². The van der Waals surface area contributed by atoms with Crippen LogP contribution in [0, 0.1) is 0 Å². The third-order valence-corrected chi connectivity index (χ3v) is 2.83. The molecule has 0 spiro atoms. The highest BCUT2D eigenvalue weighted by atomic mass is 16.2. The van der Waals surface area contributed by atoms with Crippen LogP contribution < -0.4 is 10.6 Å². The zero-order chi connectivity index (χ0) is 10.6. The highest BCUT2D eigenvalue weighted by Crippen LogP contribution is 2.18. The molecule has 1 heterocycles. The van der Waals surface area contributed by atoms with Crippen molar-refractivity contribution in [2.75, 3.05) is 6.54 Å². The van der Waals surface area contributed by atoms with Gasteiger partial charge in [0.1, 0.15) is 0 Å². The Morgan fingerprint density at radius 1 is 1.64 bits per heavy atom. The van der Waals surface area contributed by atoms with Crippen LogP contribution in [0.15, 0.2) is 12.7 Å². The van der Waals surface area contributed by atoms with Gasteiger partial charge in [-0.05, 0) is 39.7 Å². The Labute approximate surface area is 86.0 Å². The second-order valence-electron chi connectivity index (χ2n) is 4.21. The molecule has 0 bridgehead atoms. The second kappa shape index (κ2) is 4.60. The van der Waals surface area contributed by atoms with Crippen LogP contribution in [0.25, 0.3) is 0 Å².